The average Bonchev–Trinajstić information content (AvgIpc) is 3.12. The van der Waals surface area contributed by atoms with Gasteiger partial charge in [-0.25, -0.2) is 4.68 Å². The van der Waals surface area contributed by atoms with Crippen LogP contribution in [0.25, 0.3) is 0 Å². The van der Waals surface area contributed by atoms with E-state index in [-0.39, 0.29) is 23.9 Å². The second-order valence-corrected chi connectivity index (χ2v) is 6.09. The summed E-state index contributed by atoms with van der Waals surface area (Å²) in [6, 6.07) is 12.8. The van der Waals surface area contributed by atoms with Crippen LogP contribution in [-0.4, -0.2) is 20.6 Å². The van der Waals surface area contributed by atoms with Crippen LogP contribution in [0.1, 0.15) is 16.1 Å². The van der Waals surface area contributed by atoms with Crippen molar-refractivity contribution in [2.45, 2.75) is 13.7 Å². The number of aryl methyl sites for hydroxylation is 1. The van der Waals surface area contributed by atoms with Crippen molar-refractivity contribution in [1.29, 1.82) is 0 Å². The van der Waals surface area contributed by atoms with Gasteiger partial charge in [0.1, 0.15) is 0 Å². The van der Waals surface area contributed by atoms with Gasteiger partial charge in [0.15, 0.2) is 18.2 Å². The molecular formula is C18H15ClN4O4. The number of aromatic nitrogens is 2. The van der Waals surface area contributed by atoms with Crippen LogP contribution >= 0.6 is 11.6 Å². The normalized spacial score (nSPS) is 10.4. The summed E-state index contributed by atoms with van der Waals surface area (Å²) in [7, 11) is 0. The Kier molecular flexibility index (Phi) is 5.37. The molecule has 0 aliphatic heterocycles. The van der Waals surface area contributed by atoms with Gasteiger partial charge in [-0.1, -0.05) is 29.8 Å². The predicted octanol–water partition coefficient (Wildman–Crippen LogP) is 4.04. The first kappa shape index (κ1) is 18.4. The molecule has 0 saturated carbocycles. The minimum atomic E-state index is -0.523. The highest BCUT2D eigenvalue weighted by Gasteiger charge is 2.15. The van der Waals surface area contributed by atoms with Crippen LogP contribution in [0, 0.1) is 17.0 Å². The first-order chi connectivity index (χ1) is 12.9. The molecule has 2 aromatic carbocycles. The largest absolute Gasteiger partial charge is 0.464 e. The van der Waals surface area contributed by atoms with Gasteiger partial charge in [-0.2, -0.15) is 5.10 Å². The van der Waals surface area contributed by atoms with Crippen LogP contribution in [0.3, 0.4) is 0 Å². The minimum absolute atomic E-state index is 0.0751. The van der Waals surface area contributed by atoms with Crippen LogP contribution in [0.4, 0.5) is 11.4 Å². The fraction of sp³-hybridized carbons (Fsp3) is 0.111. The van der Waals surface area contributed by atoms with Crippen molar-refractivity contribution in [3.05, 3.63) is 81.1 Å². The molecule has 138 valence electrons. The molecule has 1 N–H and O–H groups in total. The molecular weight excluding hydrogens is 372 g/mol. The monoisotopic (exact) mass is 386 g/mol. The molecule has 8 nitrogen and oxygen atoms in total. The van der Waals surface area contributed by atoms with Gasteiger partial charge in [-0.15, -0.1) is 0 Å². The molecule has 0 unspecified atom stereocenters. The van der Waals surface area contributed by atoms with E-state index in [1.54, 1.807) is 36.5 Å². The van der Waals surface area contributed by atoms with Crippen molar-refractivity contribution in [2.24, 2.45) is 0 Å². The number of benzene rings is 2. The summed E-state index contributed by atoms with van der Waals surface area (Å²) in [4.78, 5) is 22.8. The number of para-hydroxylation sites is 2. The summed E-state index contributed by atoms with van der Waals surface area (Å²) < 4.78 is 6.81. The molecule has 27 heavy (non-hydrogen) atoms. The lowest BCUT2D eigenvalue weighted by Gasteiger charge is -2.08. The fourth-order valence-electron chi connectivity index (χ4n) is 2.34. The van der Waals surface area contributed by atoms with E-state index in [9.17, 15) is 14.9 Å². The Hall–Kier alpha value is -3.39. The van der Waals surface area contributed by atoms with Crippen LogP contribution in [0.5, 0.6) is 5.75 Å². The van der Waals surface area contributed by atoms with Crippen LogP contribution < -0.4 is 10.1 Å². The molecule has 0 saturated heterocycles. The Labute approximate surface area is 159 Å². The molecule has 0 fully saturated rings. The van der Waals surface area contributed by atoms with Crippen molar-refractivity contribution < 1.29 is 14.5 Å². The number of nitro groups is 1. The first-order valence-electron chi connectivity index (χ1n) is 7.91. The summed E-state index contributed by atoms with van der Waals surface area (Å²) in [5.74, 6) is -0.275. The minimum Gasteiger partial charge on any atom is -0.464 e. The van der Waals surface area contributed by atoms with Crippen molar-refractivity contribution >= 4 is 28.9 Å². The van der Waals surface area contributed by atoms with Gasteiger partial charge in [0.25, 0.3) is 5.91 Å². The van der Waals surface area contributed by atoms with E-state index < -0.39 is 10.8 Å². The number of carbonyl (C=O) groups is 1. The number of halogens is 1. The van der Waals surface area contributed by atoms with E-state index in [4.69, 9.17) is 16.3 Å². The fourth-order valence-corrected chi connectivity index (χ4v) is 2.51. The molecule has 0 spiro atoms. The molecule has 0 aliphatic rings. The van der Waals surface area contributed by atoms with Gasteiger partial charge in [0.05, 0.1) is 4.92 Å². The maximum Gasteiger partial charge on any atom is 0.311 e. The summed E-state index contributed by atoms with van der Waals surface area (Å²) in [5, 5.41) is 18.4. The molecule has 3 rings (SSSR count). The SMILES string of the molecule is Cc1ccc(Cl)cc1NC(=O)c1ccn(COc2ccccc2[N+](=O)[O-])n1. The summed E-state index contributed by atoms with van der Waals surface area (Å²) in [5.41, 5.74) is 1.50. The lowest BCUT2D eigenvalue weighted by atomic mass is 10.2. The summed E-state index contributed by atoms with van der Waals surface area (Å²) >= 11 is 5.95. The molecule has 0 aliphatic carbocycles. The lowest BCUT2D eigenvalue weighted by molar-refractivity contribution is -0.386. The Morgan fingerprint density at radius 3 is 2.85 bits per heavy atom. The zero-order valence-electron chi connectivity index (χ0n) is 14.3. The molecule has 1 aromatic heterocycles. The van der Waals surface area contributed by atoms with Gasteiger partial charge in [-0.3, -0.25) is 14.9 Å². The first-order valence-corrected chi connectivity index (χ1v) is 8.29. The number of nitrogens with zero attached hydrogens (tertiary/aromatic N) is 3. The van der Waals surface area contributed by atoms with E-state index in [0.29, 0.717) is 10.7 Å². The highest BCUT2D eigenvalue weighted by molar-refractivity contribution is 6.31. The number of carbonyl (C=O) groups excluding carboxylic acids is 1. The smallest absolute Gasteiger partial charge is 0.311 e. The van der Waals surface area contributed by atoms with Crippen LogP contribution in [-0.2, 0) is 6.73 Å². The van der Waals surface area contributed by atoms with Crippen molar-refractivity contribution in [1.82, 2.24) is 9.78 Å². The summed E-state index contributed by atoms with van der Waals surface area (Å²) in [6.07, 6.45) is 1.55. The predicted molar refractivity (Wildman–Crippen MR) is 100 cm³/mol. The standard InChI is InChI=1S/C18H15ClN4O4/c1-12-6-7-13(19)10-15(12)20-18(24)14-8-9-22(21-14)11-27-17-5-3-2-4-16(17)23(25)26/h2-10H,11H2,1H3,(H,20,24). The quantitative estimate of drug-likeness (QED) is 0.509. The van der Waals surface area contributed by atoms with E-state index in [0.717, 1.165) is 5.56 Å². The van der Waals surface area contributed by atoms with Crippen LogP contribution in [0.2, 0.25) is 5.02 Å². The van der Waals surface area contributed by atoms with E-state index in [1.165, 1.54) is 22.9 Å². The second-order valence-electron chi connectivity index (χ2n) is 5.65. The Balaban J connectivity index is 1.67. The van der Waals surface area contributed by atoms with E-state index >= 15 is 0 Å². The Morgan fingerprint density at radius 2 is 2.07 bits per heavy atom. The van der Waals surface area contributed by atoms with E-state index in [2.05, 4.69) is 10.4 Å². The zero-order valence-corrected chi connectivity index (χ0v) is 15.0. The van der Waals surface area contributed by atoms with Gasteiger partial charge in [-0.05, 0) is 36.8 Å². The number of nitrogens with one attached hydrogen (secondary N) is 1. The van der Waals surface area contributed by atoms with Gasteiger partial charge < -0.3 is 10.1 Å². The lowest BCUT2D eigenvalue weighted by Crippen LogP contribution is -2.15. The third-order valence-electron chi connectivity index (χ3n) is 3.74. The van der Waals surface area contributed by atoms with Crippen LogP contribution in [0.15, 0.2) is 54.7 Å². The molecule has 0 radical (unpaired) electrons. The number of rotatable bonds is 6. The Morgan fingerprint density at radius 1 is 1.30 bits per heavy atom. The second kappa shape index (κ2) is 7.88. The molecule has 9 heteroatoms. The summed E-state index contributed by atoms with van der Waals surface area (Å²) in [6.45, 7) is 1.78. The maximum atomic E-state index is 12.3. The maximum absolute atomic E-state index is 12.3. The van der Waals surface area contributed by atoms with E-state index in [1.807, 2.05) is 6.92 Å². The number of ether oxygens (including phenoxy) is 1. The number of nitro benzene ring substituents is 1. The van der Waals surface area contributed by atoms with Gasteiger partial charge >= 0.3 is 5.69 Å². The molecule has 1 amide bonds. The Bertz CT molecular complexity index is 1000. The van der Waals surface area contributed by atoms with Gasteiger partial charge in [0, 0.05) is 23.0 Å². The van der Waals surface area contributed by atoms with Crippen molar-refractivity contribution in [3.8, 4) is 5.75 Å². The highest BCUT2D eigenvalue weighted by Crippen LogP contribution is 2.26. The number of hydrogen-bond donors (Lipinski definition) is 1. The molecule has 0 atom stereocenters. The van der Waals surface area contributed by atoms with Gasteiger partial charge in [0.2, 0.25) is 0 Å². The topological polar surface area (TPSA) is 99.3 Å². The molecule has 1 heterocycles. The average molecular weight is 387 g/mol. The third-order valence-corrected chi connectivity index (χ3v) is 3.97. The number of anilines is 1. The van der Waals surface area contributed by atoms with Crippen molar-refractivity contribution in [2.75, 3.05) is 5.32 Å². The highest BCUT2D eigenvalue weighted by atomic mass is 35.5. The van der Waals surface area contributed by atoms with Crippen molar-refractivity contribution in [3.63, 3.8) is 0 Å². The molecule has 0 bridgehead atoms. The zero-order chi connectivity index (χ0) is 19.4. The molecule has 3 aromatic rings. The third kappa shape index (κ3) is 4.42. The number of amides is 1. The number of hydrogen-bond acceptors (Lipinski definition) is 5.